The molecule has 0 aliphatic carbocycles. The molecule has 1 saturated heterocycles. The van der Waals surface area contributed by atoms with Crippen LogP contribution in [0.25, 0.3) is 5.76 Å². The summed E-state index contributed by atoms with van der Waals surface area (Å²) in [5.41, 5.74) is 2.90. The average molecular weight is 418 g/mol. The Balaban J connectivity index is 1.92. The number of amides is 1. The lowest BCUT2D eigenvalue weighted by molar-refractivity contribution is -0.132. The first-order valence-corrected chi connectivity index (χ1v) is 10.1. The molecule has 0 bridgehead atoms. The molecule has 30 heavy (non-hydrogen) atoms. The Hall–Kier alpha value is -3.37. The minimum atomic E-state index is -0.754. The normalized spacial score (nSPS) is 18.1. The fraction of sp³-hybridized carbons (Fsp3) is 0.120. The van der Waals surface area contributed by atoms with Crippen LogP contribution in [0.5, 0.6) is 0 Å². The van der Waals surface area contributed by atoms with Crippen LogP contribution in [0.4, 0.5) is 5.69 Å². The summed E-state index contributed by atoms with van der Waals surface area (Å²) in [6, 6.07) is 22.6. The summed E-state index contributed by atoms with van der Waals surface area (Å²) in [4.78, 5) is 27.5. The molecule has 1 heterocycles. The van der Waals surface area contributed by atoms with E-state index >= 15 is 0 Å². The molecule has 1 N–H and O–H groups in total. The molecule has 0 spiro atoms. The Morgan fingerprint density at radius 1 is 0.967 bits per heavy atom. The van der Waals surface area contributed by atoms with Gasteiger partial charge < -0.3 is 5.11 Å². The first kappa shape index (κ1) is 19.9. The highest BCUT2D eigenvalue weighted by Gasteiger charge is 2.46. The molecular weight excluding hydrogens is 398 g/mol. The van der Waals surface area contributed by atoms with Crippen LogP contribution in [-0.4, -0.2) is 16.8 Å². The third-order valence-electron chi connectivity index (χ3n) is 5.28. The molecular formula is C25H20ClNO3. The van der Waals surface area contributed by atoms with Gasteiger partial charge in [-0.15, -0.1) is 0 Å². The Bertz CT molecular complexity index is 1140. The summed E-state index contributed by atoms with van der Waals surface area (Å²) in [6.07, 6.45) is 0.865. The molecule has 1 amide bonds. The van der Waals surface area contributed by atoms with Gasteiger partial charge in [0.1, 0.15) is 5.76 Å². The number of hydrogen-bond donors (Lipinski definition) is 1. The van der Waals surface area contributed by atoms with Crippen LogP contribution < -0.4 is 4.90 Å². The van der Waals surface area contributed by atoms with Crippen molar-refractivity contribution in [3.8, 4) is 0 Å². The Kier molecular flexibility index (Phi) is 5.42. The largest absolute Gasteiger partial charge is 0.507 e. The van der Waals surface area contributed by atoms with Crippen molar-refractivity contribution in [1.82, 2.24) is 0 Å². The van der Waals surface area contributed by atoms with Gasteiger partial charge in [0, 0.05) is 16.3 Å². The minimum absolute atomic E-state index is 0.0652. The molecule has 1 aliphatic rings. The Morgan fingerprint density at radius 3 is 2.30 bits per heavy atom. The minimum Gasteiger partial charge on any atom is -0.507 e. The molecule has 1 unspecified atom stereocenters. The molecule has 150 valence electrons. The van der Waals surface area contributed by atoms with E-state index in [2.05, 4.69) is 0 Å². The van der Waals surface area contributed by atoms with Gasteiger partial charge in [-0.1, -0.05) is 79.2 Å². The summed E-state index contributed by atoms with van der Waals surface area (Å²) in [5, 5.41) is 11.5. The second kappa shape index (κ2) is 8.17. The van der Waals surface area contributed by atoms with Crippen LogP contribution in [0.3, 0.4) is 0 Å². The van der Waals surface area contributed by atoms with Crippen molar-refractivity contribution in [3.63, 3.8) is 0 Å². The Labute approximate surface area is 180 Å². The Morgan fingerprint density at radius 2 is 1.67 bits per heavy atom. The summed E-state index contributed by atoms with van der Waals surface area (Å²) in [5.74, 6) is -1.60. The number of hydrogen-bond acceptors (Lipinski definition) is 3. The van der Waals surface area contributed by atoms with Gasteiger partial charge in [0.2, 0.25) is 0 Å². The number of carbonyl (C=O) groups is 2. The number of aliphatic hydroxyl groups is 1. The smallest absolute Gasteiger partial charge is 0.300 e. The van der Waals surface area contributed by atoms with E-state index in [9.17, 15) is 14.7 Å². The molecule has 1 aliphatic heterocycles. The highest BCUT2D eigenvalue weighted by molar-refractivity contribution is 6.51. The van der Waals surface area contributed by atoms with Crippen LogP contribution >= 0.6 is 11.6 Å². The number of rotatable bonds is 4. The first-order chi connectivity index (χ1) is 14.5. The van der Waals surface area contributed by atoms with Gasteiger partial charge >= 0.3 is 0 Å². The van der Waals surface area contributed by atoms with Crippen LogP contribution in [0.1, 0.15) is 29.7 Å². The van der Waals surface area contributed by atoms with Gasteiger partial charge in [-0.2, -0.15) is 0 Å². The third-order valence-corrected chi connectivity index (χ3v) is 5.52. The van der Waals surface area contributed by atoms with E-state index in [0.29, 0.717) is 16.3 Å². The monoisotopic (exact) mass is 417 g/mol. The van der Waals surface area contributed by atoms with E-state index in [4.69, 9.17) is 11.6 Å². The summed E-state index contributed by atoms with van der Waals surface area (Å²) in [7, 11) is 0. The molecule has 3 aromatic carbocycles. The van der Waals surface area contributed by atoms with E-state index in [1.165, 1.54) is 4.90 Å². The number of benzene rings is 3. The van der Waals surface area contributed by atoms with Crippen molar-refractivity contribution in [1.29, 1.82) is 0 Å². The zero-order valence-corrected chi connectivity index (χ0v) is 17.1. The highest BCUT2D eigenvalue weighted by atomic mass is 35.5. The number of anilines is 1. The molecule has 0 aromatic heterocycles. The number of aryl methyl sites for hydroxylation is 1. The van der Waals surface area contributed by atoms with Crippen molar-refractivity contribution in [3.05, 3.63) is 106 Å². The van der Waals surface area contributed by atoms with Gasteiger partial charge in [0.25, 0.3) is 11.7 Å². The maximum atomic E-state index is 13.1. The third kappa shape index (κ3) is 3.51. The number of aliphatic hydroxyl groups excluding tert-OH is 1. The SMILES string of the molecule is CCc1ccc(/C(O)=C2\C(=O)C(=O)N(c3cccc(Cl)c3)C2c2ccccc2)cc1. The van der Waals surface area contributed by atoms with E-state index < -0.39 is 17.7 Å². The van der Waals surface area contributed by atoms with Gasteiger partial charge in [0.05, 0.1) is 11.6 Å². The van der Waals surface area contributed by atoms with Crippen molar-refractivity contribution >= 4 is 34.7 Å². The van der Waals surface area contributed by atoms with Crippen molar-refractivity contribution < 1.29 is 14.7 Å². The molecule has 4 nitrogen and oxygen atoms in total. The first-order valence-electron chi connectivity index (χ1n) is 9.72. The summed E-state index contributed by atoms with van der Waals surface area (Å²) in [6.45, 7) is 2.04. The predicted octanol–water partition coefficient (Wildman–Crippen LogP) is 5.53. The lowest BCUT2D eigenvalue weighted by Crippen LogP contribution is -2.29. The molecule has 1 atom stereocenters. The predicted molar refractivity (Wildman–Crippen MR) is 118 cm³/mol. The van der Waals surface area contributed by atoms with Crippen LogP contribution in [-0.2, 0) is 16.0 Å². The topological polar surface area (TPSA) is 57.6 Å². The summed E-state index contributed by atoms with van der Waals surface area (Å²) >= 11 is 6.14. The fourth-order valence-electron chi connectivity index (χ4n) is 3.73. The van der Waals surface area contributed by atoms with E-state index in [1.807, 2.05) is 49.4 Å². The zero-order valence-electron chi connectivity index (χ0n) is 16.4. The molecule has 5 heteroatoms. The van der Waals surface area contributed by atoms with Crippen molar-refractivity contribution in [2.75, 3.05) is 4.90 Å². The second-order valence-corrected chi connectivity index (χ2v) is 7.55. The number of halogens is 1. The van der Waals surface area contributed by atoms with Crippen molar-refractivity contribution in [2.24, 2.45) is 0 Å². The standard InChI is InChI=1S/C25H20ClNO3/c1-2-16-11-13-18(14-12-16)23(28)21-22(17-7-4-3-5-8-17)27(25(30)24(21)29)20-10-6-9-19(26)15-20/h3-15,22,28H,2H2,1H3/b23-21+. The molecule has 1 fully saturated rings. The number of nitrogens with zero attached hydrogens (tertiary/aromatic N) is 1. The maximum absolute atomic E-state index is 13.1. The fourth-order valence-corrected chi connectivity index (χ4v) is 3.91. The number of Topliss-reactive ketones (excluding diaryl/α,β-unsaturated/α-hetero) is 1. The van der Waals surface area contributed by atoms with Crippen LogP contribution in [0.15, 0.2) is 84.4 Å². The van der Waals surface area contributed by atoms with Crippen LogP contribution in [0.2, 0.25) is 5.02 Å². The van der Waals surface area contributed by atoms with Gasteiger partial charge in [-0.25, -0.2) is 0 Å². The lowest BCUT2D eigenvalue weighted by Gasteiger charge is -2.25. The van der Waals surface area contributed by atoms with Gasteiger partial charge in [-0.05, 0) is 35.7 Å². The van der Waals surface area contributed by atoms with E-state index in [1.54, 1.807) is 36.4 Å². The summed E-state index contributed by atoms with van der Waals surface area (Å²) < 4.78 is 0. The quantitative estimate of drug-likeness (QED) is 0.345. The van der Waals surface area contributed by atoms with Crippen molar-refractivity contribution in [2.45, 2.75) is 19.4 Å². The second-order valence-electron chi connectivity index (χ2n) is 7.11. The van der Waals surface area contributed by atoms with Crippen LogP contribution in [0, 0.1) is 0 Å². The van der Waals surface area contributed by atoms with E-state index in [-0.39, 0.29) is 11.3 Å². The van der Waals surface area contributed by atoms with E-state index in [0.717, 1.165) is 17.5 Å². The highest BCUT2D eigenvalue weighted by Crippen LogP contribution is 2.42. The molecule has 4 rings (SSSR count). The number of ketones is 1. The van der Waals surface area contributed by atoms with Gasteiger partial charge in [0.15, 0.2) is 0 Å². The molecule has 0 radical (unpaired) electrons. The van der Waals surface area contributed by atoms with Gasteiger partial charge in [-0.3, -0.25) is 14.5 Å². The lowest BCUT2D eigenvalue weighted by atomic mass is 9.95. The molecule has 0 saturated carbocycles. The maximum Gasteiger partial charge on any atom is 0.300 e. The zero-order chi connectivity index (χ0) is 21.3. The molecule has 3 aromatic rings. The number of carbonyl (C=O) groups excluding carboxylic acids is 2. The average Bonchev–Trinajstić information content (AvgIpc) is 3.04.